The smallest absolute Gasteiger partial charge is 0.191 e. The molecule has 1 aromatic rings. The summed E-state index contributed by atoms with van der Waals surface area (Å²) in [4.78, 5) is 0. The van der Waals surface area contributed by atoms with Crippen LogP contribution in [0.5, 0.6) is 0 Å². The molecule has 0 aliphatic rings. The van der Waals surface area contributed by atoms with E-state index in [0.29, 0.717) is 5.25 Å². The molecule has 1 aromatic heterocycles. The summed E-state index contributed by atoms with van der Waals surface area (Å²) in [5.41, 5.74) is 6.13. The maximum absolute atomic E-state index is 6.13. The topological polar surface area (TPSA) is 56.7 Å². The van der Waals surface area contributed by atoms with E-state index in [1.165, 1.54) is 0 Å². The van der Waals surface area contributed by atoms with Crippen LogP contribution in [0.25, 0.3) is 0 Å². The average Bonchev–Trinajstić information content (AvgIpc) is 2.61. The van der Waals surface area contributed by atoms with Crippen LogP contribution in [0, 0.1) is 0 Å². The quantitative estimate of drug-likeness (QED) is 0.754. The fourth-order valence-corrected chi connectivity index (χ4v) is 2.56. The Labute approximate surface area is 95.6 Å². The molecule has 2 unspecified atom stereocenters. The molecule has 4 nitrogen and oxygen atoms in total. The molecule has 0 bridgehead atoms. The molecule has 0 aliphatic carbocycles. The van der Waals surface area contributed by atoms with Crippen molar-refractivity contribution in [3.05, 3.63) is 6.33 Å². The highest BCUT2D eigenvalue weighted by molar-refractivity contribution is 7.99. The van der Waals surface area contributed by atoms with Crippen LogP contribution in [0.15, 0.2) is 11.5 Å². The molecule has 1 rings (SSSR count). The van der Waals surface area contributed by atoms with Crippen molar-refractivity contribution >= 4 is 11.8 Å². The second-order valence-corrected chi connectivity index (χ2v) is 4.95. The van der Waals surface area contributed by atoms with Crippen LogP contribution in [0.3, 0.4) is 0 Å². The minimum atomic E-state index is 0.252. The first-order valence-corrected chi connectivity index (χ1v) is 6.33. The highest BCUT2D eigenvalue weighted by atomic mass is 32.2. The standard InChI is InChI=1S/C10H20N4S/c1-4-6-8(11)9(5-2)15-10-13-12-7-14(10)3/h7-9H,4-6,11H2,1-3H3. The number of aromatic nitrogens is 3. The first kappa shape index (κ1) is 12.5. The number of nitrogens with two attached hydrogens (primary N) is 1. The van der Waals surface area contributed by atoms with Gasteiger partial charge in [-0.05, 0) is 12.8 Å². The maximum atomic E-state index is 6.13. The summed E-state index contributed by atoms with van der Waals surface area (Å²) in [6.07, 6.45) is 5.00. The largest absolute Gasteiger partial charge is 0.327 e. The third kappa shape index (κ3) is 3.50. The van der Waals surface area contributed by atoms with Crippen LogP contribution in [-0.2, 0) is 7.05 Å². The van der Waals surface area contributed by atoms with Gasteiger partial charge in [-0.3, -0.25) is 0 Å². The molecular formula is C10H20N4S. The van der Waals surface area contributed by atoms with E-state index in [1.807, 2.05) is 11.6 Å². The molecule has 15 heavy (non-hydrogen) atoms. The molecule has 2 atom stereocenters. The molecule has 5 heteroatoms. The Morgan fingerprint density at radius 1 is 1.53 bits per heavy atom. The zero-order valence-electron chi connectivity index (χ0n) is 9.68. The summed E-state index contributed by atoms with van der Waals surface area (Å²) in [7, 11) is 1.96. The predicted octanol–water partition coefficient (Wildman–Crippen LogP) is 1.81. The van der Waals surface area contributed by atoms with Crippen molar-refractivity contribution in [3.8, 4) is 0 Å². The summed E-state index contributed by atoms with van der Waals surface area (Å²) in [5.74, 6) is 0. The molecule has 0 aliphatic heterocycles. The molecule has 0 radical (unpaired) electrons. The van der Waals surface area contributed by atoms with Gasteiger partial charge in [0.05, 0.1) is 0 Å². The van der Waals surface area contributed by atoms with E-state index in [4.69, 9.17) is 5.73 Å². The minimum absolute atomic E-state index is 0.252. The van der Waals surface area contributed by atoms with Crippen molar-refractivity contribution in [2.45, 2.75) is 49.6 Å². The van der Waals surface area contributed by atoms with Crippen LogP contribution in [0.1, 0.15) is 33.1 Å². The van der Waals surface area contributed by atoms with E-state index in [2.05, 4.69) is 24.0 Å². The summed E-state index contributed by atoms with van der Waals surface area (Å²) in [6, 6.07) is 0.252. The fourth-order valence-electron chi connectivity index (χ4n) is 1.51. The van der Waals surface area contributed by atoms with Crippen molar-refractivity contribution in [2.75, 3.05) is 0 Å². The van der Waals surface area contributed by atoms with Crippen molar-refractivity contribution in [1.82, 2.24) is 14.8 Å². The van der Waals surface area contributed by atoms with Gasteiger partial charge in [0.2, 0.25) is 0 Å². The molecule has 0 saturated heterocycles. The van der Waals surface area contributed by atoms with Crippen LogP contribution in [-0.4, -0.2) is 26.1 Å². The predicted molar refractivity (Wildman–Crippen MR) is 63.8 cm³/mol. The van der Waals surface area contributed by atoms with Gasteiger partial charge in [0.15, 0.2) is 5.16 Å². The summed E-state index contributed by atoms with van der Waals surface area (Å²) in [5, 5.41) is 9.32. The minimum Gasteiger partial charge on any atom is -0.327 e. The Bertz CT molecular complexity index is 287. The molecular weight excluding hydrogens is 208 g/mol. The number of nitrogens with zero attached hydrogens (tertiary/aromatic N) is 3. The first-order chi connectivity index (χ1) is 7.19. The third-order valence-electron chi connectivity index (χ3n) is 2.43. The van der Waals surface area contributed by atoms with Crippen molar-refractivity contribution in [2.24, 2.45) is 12.8 Å². The molecule has 0 spiro atoms. The van der Waals surface area contributed by atoms with E-state index < -0.39 is 0 Å². The van der Waals surface area contributed by atoms with E-state index in [9.17, 15) is 0 Å². The van der Waals surface area contributed by atoms with Crippen molar-refractivity contribution < 1.29 is 0 Å². The fraction of sp³-hybridized carbons (Fsp3) is 0.800. The summed E-state index contributed by atoms with van der Waals surface area (Å²) in [6.45, 7) is 4.34. The van der Waals surface area contributed by atoms with Gasteiger partial charge < -0.3 is 10.3 Å². The van der Waals surface area contributed by atoms with E-state index in [-0.39, 0.29) is 6.04 Å². The van der Waals surface area contributed by atoms with E-state index in [1.54, 1.807) is 18.1 Å². The maximum Gasteiger partial charge on any atom is 0.191 e. The number of thioether (sulfide) groups is 1. The lowest BCUT2D eigenvalue weighted by Gasteiger charge is -2.20. The highest BCUT2D eigenvalue weighted by Gasteiger charge is 2.18. The zero-order chi connectivity index (χ0) is 11.3. The van der Waals surface area contributed by atoms with Crippen LogP contribution < -0.4 is 5.73 Å². The third-order valence-corrected chi connectivity index (χ3v) is 3.99. The number of hydrogen-bond acceptors (Lipinski definition) is 4. The number of hydrogen-bond donors (Lipinski definition) is 1. The molecule has 0 saturated carbocycles. The Hall–Kier alpha value is -0.550. The van der Waals surface area contributed by atoms with Crippen LogP contribution >= 0.6 is 11.8 Å². The lowest BCUT2D eigenvalue weighted by molar-refractivity contribution is 0.564. The van der Waals surface area contributed by atoms with Crippen LogP contribution in [0.2, 0.25) is 0 Å². The zero-order valence-corrected chi connectivity index (χ0v) is 10.5. The van der Waals surface area contributed by atoms with Crippen LogP contribution in [0.4, 0.5) is 0 Å². The Kier molecular flexibility index (Phi) is 5.11. The molecule has 0 amide bonds. The Morgan fingerprint density at radius 2 is 2.27 bits per heavy atom. The molecule has 0 fully saturated rings. The van der Waals surface area contributed by atoms with Gasteiger partial charge in [-0.1, -0.05) is 32.0 Å². The van der Waals surface area contributed by atoms with E-state index >= 15 is 0 Å². The van der Waals surface area contributed by atoms with Gasteiger partial charge in [-0.2, -0.15) is 0 Å². The van der Waals surface area contributed by atoms with Gasteiger partial charge in [-0.25, -0.2) is 0 Å². The van der Waals surface area contributed by atoms with Crippen molar-refractivity contribution in [1.29, 1.82) is 0 Å². The van der Waals surface area contributed by atoms with Gasteiger partial charge in [-0.15, -0.1) is 10.2 Å². The second-order valence-electron chi connectivity index (χ2n) is 3.74. The second kappa shape index (κ2) is 6.12. The van der Waals surface area contributed by atoms with Gasteiger partial charge in [0, 0.05) is 18.3 Å². The first-order valence-electron chi connectivity index (χ1n) is 5.45. The number of rotatable bonds is 6. The molecule has 86 valence electrons. The van der Waals surface area contributed by atoms with Gasteiger partial charge in [0.1, 0.15) is 6.33 Å². The van der Waals surface area contributed by atoms with Gasteiger partial charge in [0.25, 0.3) is 0 Å². The summed E-state index contributed by atoms with van der Waals surface area (Å²) >= 11 is 1.73. The van der Waals surface area contributed by atoms with Gasteiger partial charge >= 0.3 is 0 Å². The normalized spacial score (nSPS) is 15.2. The lowest BCUT2D eigenvalue weighted by atomic mass is 10.1. The number of aryl methyl sites for hydroxylation is 1. The lowest BCUT2D eigenvalue weighted by Crippen LogP contribution is -2.32. The highest BCUT2D eigenvalue weighted by Crippen LogP contribution is 2.26. The average molecular weight is 228 g/mol. The van der Waals surface area contributed by atoms with Crippen molar-refractivity contribution in [3.63, 3.8) is 0 Å². The SMILES string of the molecule is CCCC(N)C(CC)Sc1nncn1C. The summed E-state index contributed by atoms with van der Waals surface area (Å²) < 4.78 is 1.94. The monoisotopic (exact) mass is 228 g/mol. The Morgan fingerprint density at radius 3 is 2.73 bits per heavy atom. The molecule has 2 N–H and O–H groups in total. The van der Waals surface area contributed by atoms with E-state index in [0.717, 1.165) is 24.4 Å². The molecule has 1 heterocycles. The Balaban J connectivity index is 2.57. The molecule has 0 aromatic carbocycles.